The first-order valence-electron chi connectivity index (χ1n) is 14.7. The summed E-state index contributed by atoms with van der Waals surface area (Å²) >= 11 is 0. The molecule has 1 aromatic carbocycles. The van der Waals surface area contributed by atoms with Gasteiger partial charge in [-0.15, -0.1) is 0 Å². The molecule has 3 aliphatic heterocycles. The van der Waals surface area contributed by atoms with Crippen molar-refractivity contribution in [3.05, 3.63) is 58.9 Å². The van der Waals surface area contributed by atoms with Crippen molar-refractivity contribution >= 4 is 15.9 Å². The molecule has 3 saturated heterocycles. The van der Waals surface area contributed by atoms with E-state index in [1.807, 2.05) is 24.8 Å². The van der Waals surface area contributed by atoms with Crippen molar-refractivity contribution < 1.29 is 17.6 Å². The first-order valence-corrected chi connectivity index (χ1v) is 16.2. The summed E-state index contributed by atoms with van der Waals surface area (Å²) in [4.78, 5) is 26.2. The lowest BCUT2D eigenvalue weighted by Gasteiger charge is -2.44. The predicted octanol–water partition coefficient (Wildman–Crippen LogP) is 3.61. The van der Waals surface area contributed by atoms with Crippen LogP contribution in [-0.2, 0) is 10.0 Å². The van der Waals surface area contributed by atoms with Crippen molar-refractivity contribution in [1.29, 1.82) is 0 Å². The highest BCUT2D eigenvalue weighted by atomic mass is 32.2. The minimum atomic E-state index is -3.23. The van der Waals surface area contributed by atoms with Crippen LogP contribution >= 0.6 is 0 Å². The molecule has 4 fully saturated rings. The van der Waals surface area contributed by atoms with Crippen molar-refractivity contribution in [2.75, 3.05) is 45.8 Å². The minimum Gasteiger partial charge on any atom is -0.338 e. The molecule has 8 nitrogen and oxygen atoms in total. The molecule has 10 heteroatoms. The summed E-state index contributed by atoms with van der Waals surface area (Å²) in [6.07, 6.45) is 5.91. The third-order valence-electron chi connectivity index (χ3n) is 9.85. The second kappa shape index (κ2) is 11.1. The number of likely N-dealkylation sites (tertiary alicyclic amines) is 2. The van der Waals surface area contributed by atoms with Crippen LogP contribution in [0.15, 0.2) is 30.6 Å². The van der Waals surface area contributed by atoms with Crippen molar-refractivity contribution in [3.8, 4) is 0 Å². The molecule has 2 aromatic rings. The Morgan fingerprint density at radius 1 is 1.00 bits per heavy atom. The number of rotatable bonds is 8. The van der Waals surface area contributed by atoms with Crippen LogP contribution < -0.4 is 0 Å². The molecule has 40 heavy (non-hydrogen) atoms. The lowest BCUT2D eigenvalue weighted by atomic mass is 9.80. The summed E-state index contributed by atoms with van der Waals surface area (Å²) < 4.78 is 42.0. The maximum absolute atomic E-state index is 14.2. The summed E-state index contributed by atoms with van der Waals surface area (Å²) in [6, 6.07) is 6.84. The van der Waals surface area contributed by atoms with Crippen molar-refractivity contribution in [2.45, 2.75) is 57.1 Å². The van der Waals surface area contributed by atoms with E-state index in [9.17, 15) is 17.6 Å². The molecular formula is C30H40FN5O3S. The van der Waals surface area contributed by atoms with Crippen LogP contribution in [0.1, 0.15) is 65.3 Å². The molecule has 1 saturated carbocycles. The van der Waals surface area contributed by atoms with Crippen LogP contribution in [0, 0.1) is 37.4 Å². The van der Waals surface area contributed by atoms with Crippen molar-refractivity contribution in [2.24, 2.45) is 17.8 Å². The molecule has 0 spiro atoms. The first-order chi connectivity index (χ1) is 19.2. The van der Waals surface area contributed by atoms with Gasteiger partial charge < -0.3 is 9.80 Å². The number of carbonyl (C=O) groups excluding carboxylic acids is 1. The lowest BCUT2D eigenvalue weighted by molar-refractivity contribution is 0.0770. The van der Waals surface area contributed by atoms with Crippen LogP contribution in [0.25, 0.3) is 0 Å². The number of sulfonamides is 1. The Bertz CT molecular complexity index is 1320. The van der Waals surface area contributed by atoms with Gasteiger partial charge in [0.2, 0.25) is 10.0 Å². The predicted molar refractivity (Wildman–Crippen MR) is 151 cm³/mol. The number of halogens is 1. The van der Waals surface area contributed by atoms with Crippen LogP contribution in [0.2, 0.25) is 0 Å². The molecule has 1 aliphatic carbocycles. The maximum Gasteiger partial charge on any atom is 0.257 e. The molecule has 4 aliphatic rings. The average molecular weight is 570 g/mol. The van der Waals surface area contributed by atoms with E-state index < -0.39 is 10.0 Å². The summed E-state index contributed by atoms with van der Waals surface area (Å²) in [5, 5.41) is -0.223. The van der Waals surface area contributed by atoms with Gasteiger partial charge in [-0.05, 0) is 81.0 Å². The highest BCUT2D eigenvalue weighted by Gasteiger charge is 2.45. The molecule has 1 amide bonds. The van der Waals surface area contributed by atoms with Gasteiger partial charge in [0.15, 0.2) is 0 Å². The third kappa shape index (κ3) is 5.30. The Morgan fingerprint density at radius 3 is 2.27 bits per heavy atom. The molecule has 1 aromatic heterocycles. The van der Waals surface area contributed by atoms with Gasteiger partial charge in [-0.1, -0.05) is 25.0 Å². The van der Waals surface area contributed by atoms with Gasteiger partial charge in [0, 0.05) is 39.3 Å². The zero-order valence-electron chi connectivity index (χ0n) is 23.5. The van der Waals surface area contributed by atoms with Gasteiger partial charge in [-0.3, -0.25) is 4.79 Å². The SMILES string of the molecule is Cc1ncnc(C)c1C(=O)N1CC2CN(CCC(c3cccc(F)c3)C3CN(S(=O)(=O)C4CCCC4)C3)CC2C1. The van der Waals surface area contributed by atoms with Gasteiger partial charge in [0.1, 0.15) is 12.1 Å². The number of aryl methyl sites for hydroxylation is 2. The average Bonchev–Trinajstić information content (AvgIpc) is 3.62. The fraction of sp³-hybridized carbons (Fsp3) is 0.633. The highest BCUT2D eigenvalue weighted by Crippen LogP contribution is 2.40. The molecule has 3 atom stereocenters. The number of hydrogen-bond donors (Lipinski definition) is 0. The monoisotopic (exact) mass is 569 g/mol. The van der Waals surface area contributed by atoms with E-state index in [2.05, 4.69) is 14.9 Å². The molecule has 0 radical (unpaired) electrons. The Hall–Kier alpha value is -2.43. The summed E-state index contributed by atoms with van der Waals surface area (Å²) in [5.74, 6) is 0.994. The lowest BCUT2D eigenvalue weighted by Crippen LogP contribution is -2.54. The molecule has 0 bridgehead atoms. The highest BCUT2D eigenvalue weighted by molar-refractivity contribution is 7.89. The van der Waals surface area contributed by atoms with E-state index >= 15 is 0 Å². The first kappa shape index (κ1) is 27.7. The van der Waals surface area contributed by atoms with E-state index in [0.717, 1.165) is 81.8 Å². The fourth-order valence-corrected chi connectivity index (χ4v) is 9.71. The maximum atomic E-state index is 14.2. The van der Waals surface area contributed by atoms with Crippen LogP contribution in [-0.4, -0.2) is 89.5 Å². The topological polar surface area (TPSA) is 86.7 Å². The molecule has 3 unspecified atom stereocenters. The van der Waals surface area contributed by atoms with Crippen LogP contribution in [0.5, 0.6) is 0 Å². The number of benzene rings is 1. The molecule has 4 heterocycles. The number of amides is 1. The fourth-order valence-electron chi connectivity index (χ4n) is 7.56. The van der Waals surface area contributed by atoms with E-state index in [4.69, 9.17) is 0 Å². The van der Waals surface area contributed by atoms with Gasteiger partial charge in [-0.2, -0.15) is 0 Å². The Morgan fingerprint density at radius 2 is 1.65 bits per heavy atom. The summed E-state index contributed by atoms with van der Waals surface area (Å²) in [6.45, 7) is 9.06. The Balaban J connectivity index is 1.07. The zero-order chi connectivity index (χ0) is 28.0. The normalized spacial score (nSPS) is 25.3. The van der Waals surface area contributed by atoms with E-state index in [-0.39, 0.29) is 28.8 Å². The van der Waals surface area contributed by atoms with E-state index in [1.165, 1.54) is 12.4 Å². The van der Waals surface area contributed by atoms with E-state index in [0.29, 0.717) is 30.5 Å². The number of fused-ring (bicyclic) bond motifs is 1. The number of hydrogen-bond acceptors (Lipinski definition) is 6. The quantitative estimate of drug-likeness (QED) is 0.483. The zero-order valence-corrected chi connectivity index (χ0v) is 24.3. The van der Waals surface area contributed by atoms with Gasteiger partial charge >= 0.3 is 0 Å². The molecular weight excluding hydrogens is 529 g/mol. The summed E-state index contributed by atoms with van der Waals surface area (Å²) in [7, 11) is -3.23. The van der Waals surface area contributed by atoms with Crippen molar-refractivity contribution in [1.82, 2.24) is 24.1 Å². The second-order valence-electron chi connectivity index (χ2n) is 12.4. The van der Waals surface area contributed by atoms with Gasteiger partial charge in [-0.25, -0.2) is 27.1 Å². The Labute approximate surface area is 237 Å². The van der Waals surface area contributed by atoms with Crippen LogP contribution in [0.3, 0.4) is 0 Å². The van der Waals surface area contributed by atoms with E-state index in [1.54, 1.807) is 16.4 Å². The molecule has 0 N–H and O–H groups in total. The minimum absolute atomic E-state index is 0.0322. The third-order valence-corrected chi connectivity index (χ3v) is 12.2. The summed E-state index contributed by atoms with van der Waals surface area (Å²) in [5.41, 5.74) is 3.05. The number of aromatic nitrogens is 2. The number of nitrogens with zero attached hydrogens (tertiary/aromatic N) is 5. The smallest absolute Gasteiger partial charge is 0.257 e. The van der Waals surface area contributed by atoms with Gasteiger partial charge in [0.25, 0.3) is 5.91 Å². The molecule has 6 rings (SSSR count). The molecule has 216 valence electrons. The standard InChI is InChI=1S/C30H40FN5O3S/c1-20-29(21(2)33-19-32-20)30(37)35-15-23-13-34(14-24(23)16-35)11-10-28(22-6-5-7-26(31)12-22)25-17-36(18-25)40(38,39)27-8-3-4-9-27/h5-7,12,19,23-25,27-28H,3-4,8-11,13-18H2,1-2H3. The van der Waals surface area contributed by atoms with Gasteiger partial charge in [0.05, 0.1) is 22.2 Å². The number of carbonyl (C=O) groups is 1. The Kier molecular flexibility index (Phi) is 7.69. The largest absolute Gasteiger partial charge is 0.338 e. The van der Waals surface area contributed by atoms with Crippen LogP contribution in [0.4, 0.5) is 4.39 Å². The second-order valence-corrected chi connectivity index (χ2v) is 14.6. The van der Waals surface area contributed by atoms with Crippen molar-refractivity contribution in [3.63, 3.8) is 0 Å².